The summed E-state index contributed by atoms with van der Waals surface area (Å²) in [4.78, 5) is 36.7. The smallest absolute Gasteiger partial charge is 0.340 e. The Bertz CT molecular complexity index is 1050. The predicted molar refractivity (Wildman–Crippen MR) is 116 cm³/mol. The Kier molecular flexibility index (Phi) is 6.65. The number of halogens is 1. The Balaban J connectivity index is 1.62. The molecule has 0 aliphatic carbocycles. The molecular formula is C21H17IN2O5. The van der Waals surface area contributed by atoms with E-state index in [1.165, 1.54) is 18.4 Å². The summed E-state index contributed by atoms with van der Waals surface area (Å²) in [5, 5.41) is 5.31. The molecule has 0 saturated carbocycles. The van der Waals surface area contributed by atoms with E-state index in [4.69, 9.17) is 9.15 Å². The molecule has 3 rings (SSSR count). The van der Waals surface area contributed by atoms with Crippen LogP contribution in [0.5, 0.6) is 0 Å². The lowest BCUT2D eigenvalue weighted by Crippen LogP contribution is -2.22. The van der Waals surface area contributed by atoms with Gasteiger partial charge in [0.05, 0.1) is 17.5 Å². The van der Waals surface area contributed by atoms with Gasteiger partial charge in [-0.25, -0.2) is 4.79 Å². The number of carbonyl (C=O) groups excluding carboxylic acids is 3. The van der Waals surface area contributed by atoms with Gasteiger partial charge in [0.2, 0.25) is 0 Å². The highest BCUT2D eigenvalue weighted by Crippen LogP contribution is 2.19. The first-order valence-electron chi connectivity index (χ1n) is 8.61. The number of aryl methyl sites for hydroxylation is 1. The van der Waals surface area contributed by atoms with Crippen molar-refractivity contribution in [1.82, 2.24) is 0 Å². The first-order valence-corrected chi connectivity index (χ1v) is 9.69. The van der Waals surface area contributed by atoms with Crippen LogP contribution in [0.2, 0.25) is 0 Å². The highest BCUT2D eigenvalue weighted by molar-refractivity contribution is 14.1. The van der Waals surface area contributed by atoms with Crippen molar-refractivity contribution in [2.45, 2.75) is 6.92 Å². The molecular weight excluding hydrogens is 487 g/mol. The van der Waals surface area contributed by atoms with Crippen LogP contribution in [-0.4, -0.2) is 24.4 Å². The zero-order chi connectivity index (χ0) is 20.8. The molecule has 1 aromatic heterocycles. The Labute approximate surface area is 180 Å². The monoisotopic (exact) mass is 504 g/mol. The van der Waals surface area contributed by atoms with Gasteiger partial charge in [-0.15, -0.1) is 0 Å². The molecule has 2 amide bonds. The average Bonchev–Trinajstić information content (AvgIpc) is 3.24. The van der Waals surface area contributed by atoms with E-state index in [2.05, 4.69) is 33.2 Å². The van der Waals surface area contributed by atoms with Crippen LogP contribution < -0.4 is 10.6 Å². The summed E-state index contributed by atoms with van der Waals surface area (Å²) in [6, 6.07) is 15.0. The maximum absolute atomic E-state index is 12.4. The SMILES string of the molecule is Cc1cc(I)ccc1NC(=O)COC(=O)c1ccccc1NC(=O)c1ccco1. The van der Waals surface area contributed by atoms with Gasteiger partial charge in [-0.1, -0.05) is 12.1 Å². The van der Waals surface area contributed by atoms with Crippen molar-refractivity contribution in [3.05, 3.63) is 81.3 Å². The van der Waals surface area contributed by atoms with Crippen LogP contribution in [-0.2, 0) is 9.53 Å². The molecule has 1 heterocycles. The molecule has 0 atom stereocenters. The van der Waals surface area contributed by atoms with Gasteiger partial charge < -0.3 is 19.8 Å². The van der Waals surface area contributed by atoms with Gasteiger partial charge in [0, 0.05) is 9.26 Å². The Morgan fingerprint density at radius 3 is 2.52 bits per heavy atom. The van der Waals surface area contributed by atoms with Crippen molar-refractivity contribution in [2.24, 2.45) is 0 Å². The van der Waals surface area contributed by atoms with E-state index >= 15 is 0 Å². The number of ether oxygens (including phenoxy) is 1. The molecule has 0 unspecified atom stereocenters. The third-order valence-electron chi connectivity index (χ3n) is 3.94. The van der Waals surface area contributed by atoms with E-state index in [1.807, 2.05) is 19.1 Å². The molecule has 0 bridgehead atoms. The van der Waals surface area contributed by atoms with E-state index in [1.54, 1.807) is 30.3 Å². The van der Waals surface area contributed by atoms with Crippen LogP contribution >= 0.6 is 22.6 Å². The fourth-order valence-corrected chi connectivity index (χ4v) is 3.17. The summed E-state index contributed by atoms with van der Waals surface area (Å²) in [7, 11) is 0. The second-order valence-corrected chi connectivity index (χ2v) is 7.31. The largest absolute Gasteiger partial charge is 0.459 e. The zero-order valence-electron chi connectivity index (χ0n) is 15.4. The molecule has 8 heteroatoms. The number of benzene rings is 2. The van der Waals surface area contributed by atoms with Crippen LogP contribution in [0.25, 0.3) is 0 Å². The van der Waals surface area contributed by atoms with E-state index in [-0.39, 0.29) is 17.0 Å². The van der Waals surface area contributed by atoms with Gasteiger partial charge in [0.25, 0.3) is 11.8 Å². The van der Waals surface area contributed by atoms with Crippen molar-refractivity contribution >= 4 is 51.7 Å². The minimum atomic E-state index is -0.727. The summed E-state index contributed by atoms with van der Waals surface area (Å²) in [5.74, 6) is -1.57. The molecule has 148 valence electrons. The predicted octanol–water partition coefficient (Wildman–Crippen LogP) is 4.24. The van der Waals surface area contributed by atoms with Crippen LogP contribution in [0.4, 0.5) is 11.4 Å². The average molecular weight is 504 g/mol. The number of esters is 1. The molecule has 2 N–H and O–H groups in total. The molecule has 3 aromatic rings. The quantitative estimate of drug-likeness (QED) is 0.387. The van der Waals surface area contributed by atoms with E-state index in [0.717, 1.165) is 9.13 Å². The zero-order valence-corrected chi connectivity index (χ0v) is 17.6. The highest BCUT2D eigenvalue weighted by atomic mass is 127. The molecule has 7 nitrogen and oxygen atoms in total. The third kappa shape index (κ3) is 5.44. The van der Waals surface area contributed by atoms with Gasteiger partial charge in [0.15, 0.2) is 12.4 Å². The summed E-state index contributed by atoms with van der Waals surface area (Å²) in [5.41, 5.74) is 1.94. The molecule has 0 aliphatic heterocycles. The molecule has 0 fully saturated rings. The number of furan rings is 1. The number of carbonyl (C=O) groups is 3. The number of hydrogen-bond donors (Lipinski definition) is 2. The van der Waals surface area contributed by atoms with Crippen molar-refractivity contribution in [3.8, 4) is 0 Å². The first-order chi connectivity index (χ1) is 13.9. The van der Waals surface area contributed by atoms with Crippen molar-refractivity contribution in [1.29, 1.82) is 0 Å². The Hall–Kier alpha value is -3.14. The van der Waals surface area contributed by atoms with Crippen molar-refractivity contribution in [2.75, 3.05) is 17.2 Å². The minimum Gasteiger partial charge on any atom is -0.459 e. The van der Waals surface area contributed by atoms with Gasteiger partial charge in [-0.3, -0.25) is 9.59 Å². The topological polar surface area (TPSA) is 97.6 Å². The summed E-state index contributed by atoms with van der Waals surface area (Å²) in [6.45, 7) is 1.42. The number of amides is 2. The third-order valence-corrected chi connectivity index (χ3v) is 4.61. The normalized spacial score (nSPS) is 10.3. The fraction of sp³-hybridized carbons (Fsp3) is 0.0952. The lowest BCUT2D eigenvalue weighted by Gasteiger charge is -2.11. The van der Waals surface area contributed by atoms with Crippen molar-refractivity contribution < 1.29 is 23.5 Å². The molecule has 29 heavy (non-hydrogen) atoms. The number of hydrogen-bond acceptors (Lipinski definition) is 5. The lowest BCUT2D eigenvalue weighted by atomic mass is 10.1. The highest BCUT2D eigenvalue weighted by Gasteiger charge is 2.17. The molecule has 2 aromatic carbocycles. The van der Waals surface area contributed by atoms with Gasteiger partial charge in [-0.05, 0) is 77.5 Å². The van der Waals surface area contributed by atoms with Crippen LogP contribution in [0, 0.1) is 10.5 Å². The number of nitrogens with one attached hydrogen (secondary N) is 2. The standard InChI is InChI=1S/C21H17IN2O5/c1-13-11-14(22)8-9-16(13)23-19(25)12-29-21(27)15-5-2-3-6-17(15)24-20(26)18-7-4-10-28-18/h2-11H,12H2,1H3,(H,23,25)(H,24,26). The molecule has 0 aliphatic rings. The van der Waals surface area contributed by atoms with Crippen LogP contribution in [0.1, 0.15) is 26.5 Å². The van der Waals surface area contributed by atoms with Gasteiger partial charge >= 0.3 is 5.97 Å². The summed E-state index contributed by atoms with van der Waals surface area (Å²) < 4.78 is 11.2. The second-order valence-electron chi connectivity index (χ2n) is 6.06. The molecule has 0 radical (unpaired) electrons. The van der Waals surface area contributed by atoms with Gasteiger partial charge in [0.1, 0.15) is 0 Å². The lowest BCUT2D eigenvalue weighted by molar-refractivity contribution is -0.119. The second kappa shape index (κ2) is 9.37. The Morgan fingerprint density at radius 1 is 1.00 bits per heavy atom. The minimum absolute atomic E-state index is 0.112. The maximum Gasteiger partial charge on any atom is 0.340 e. The van der Waals surface area contributed by atoms with E-state index in [9.17, 15) is 14.4 Å². The van der Waals surface area contributed by atoms with Crippen LogP contribution in [0.15, 0.2) is 65.3 Å². The fourth-order valence-electron chi connectivity index (χ4n) is 2.52. The molecule has 0 spiro atoms. The summed E-state index contributed by atoms with van der Waals surface area (Å²) >= 11 is 2.18. The maximum atomic E-state index is 12.4. The number of anilines is 2. The van der Waals surface area contributed by atoms with Crippen LogP contribution in [0.3, 0.4) is 0 Å². The van der Waals surface area contributed by atoms with Crippen molar-refractivity contribution in [3.63, 3.8) is 0 Å². The molecule has 0 saturated heterocycles. The first kappa shape index (κ1) is 20.6. The van der Waals surface area contributed by atoms with Gasteiger partial charge in [-0.2, -0.15) is 0 Å². The number of rotatable bonds is 6. The Morgan fingerprint density at radius 2 is 1.79 bits per heavy atom. The van der Waals surface area contributed by atoms with E-state index in [0.29, 0.717) is 5.69 Å². The number of para-hydroxylation sites is 1. The summed E-state index contributed by atoms with van der Waals surface area (Å²) in [6.07, 6.45) is 1.38. The van der Waals surface area contributed by atoms with E-state index < -0.39 is 24.4 Å².